The first-order valence-electron chi connectivity index (χ1n) is 7.78. The van der Waals surface area contributed by atoms with Gasteiger partial charge in [-0.2, -0.15) is 0 Å². The summed E-state index contributed by atoms with van der Waals surface area (Å²) >= 11 is 0. The van der Waals surface area contributed by atoms with Gasteiger partial charge in [0.05, 0.1) is 0 Å². The fourth-order valence-electron chi connectivity index (χ4n) is 3.07. The lowest BCUT2D eigenvalue weighted by Crippen LogP contribution is -2.56. The van der Waals surface area contributed by atoms with Gasteiger partial charge in [0.2, 0.25) is 0 Å². The van der Waals surface area contributed by atoms with Crippen molar-refractivity contribution in [1.82, 2.24) is 9.80 Å². The number of piperazine rings is 1. The molecule has 116 valence electrons. The number of hydrogen-bond acceptors (Lipinski definition) is 3. The molecule has 1 N–H and O–H groups in total. The lowest BCUT2D eigenvalue weighted by atomic mass is 10.0. The molecule has 0 unspecified atom stereocenters. The van der Waals surface area contributed by atoms with E-state index in [-0.39, 0.29) is 11.7 Å². The minimum Gasteiger partial charge on any atom is -0.508 e. The molecule has 1 aromatic rings. The van der Waals surface area contributed by atoms with E-state index in [9.17, 15) is 9.90 Å². The van der Waals surface area contributed by atoms with Crippen LogP contribution in [0.15, 0.2) is 18.2 Å². The van der Waals surface area contributed by atoms with Crippen LogP contribution in [0.4, 0.5) is 0 Å². The summed E-state index contributed by atoms with van der Waals surface area (Å²) in [7, 11) is 0. The normalized spacial score (nSPS) is 20.0. The van der Waals surface area contributed by atoms with E-state index >= 15 is 0 Å². The van der Waals surface area contributed by atoms with E-state index in [1.54, 1.807) is 18.2 Å². The Morgan fingerprint density at radius 2 is 2.10 bits per heavy atom. The molecule has 1 aliphatic rings. The van der Waals surface area contributed by atoms with Gasteiger partial charge in [-0.3, -0.25) is 9.69 Å². The van der Waals surface area contributed by atoms with Gasteiger partial charge in [0, 0.05) is 37.3 Å². The fraction of sp³-hybridized carbons (Fsp3) is 0.588. The van der Waals surface area contributed by atoms with Gasteiger partial charge in [-0.25, -0.2) is 0 Å². The van der Waals surface area contributed by atoms with Crippen LogP contribution < -0.4 is 0 Å². The lowest BCUT2D eigenvalue weighted by molar-refractivity contribution is 0.0371. The molecule has 0 spiro atoms. The van der Waals surface area contributed by atoms with Crippen LogP contribution >= 0.6 is 0 Å². The van der Waals surface area contributed by atoms with Crippen molar-refractivity contribution < 1.29 is 9.90 Å². The number of hydrogen-bond donors (Lipinski definition) is 1. The van der Waals surface area contributed by atoms with E-state index in [4.69, 9.17) is 0 Å². The van der Waals surface area contributed by atoms with Crippen molar-refractivity contribution in [3.63, 3.8) is 0 Å². The maximum absolute atomic E-state index is 12.6. The predicted molar refractivity (Wildman–Crippen MR) is 84.7 cm³/mol. The average Bonchev–Trinajstić information content (AvgIpc) is 2.48. The van der Waals surface area contributed by atoms with E-state index in [1.807, 2.05) is 11.8 Å². The summed E-state index contributed by atoms with van der Waals surface area (Å²) in [5.74, 6) is 0.308. The molecule has 4 heteroatoms. The second kappa shape index (κ2) is 6.48. The Bertz CT molecular complexity index is 514. The molecule has 1 fully saturated rings. The standard InChI is InChI=1S/C17H26N2O2/c1-5-15-11-18(8-9-19(15)12(2)3)17(21)14-6-7-16(20)13(4)10-14/h6-7,10,12,15,20H,5,8-9,11H2,1-4H3/t15-/m0/s1. The Kier molecular flexibility index (Phi) is 4.88. The molecule has 0 aliphatic carbocycles. The van der Waals surface area contributed by atoms with Gasteiger partial charge >= 0.3 is 0 Å². The highest BCUT2D eigenvalue weighted by Gasteiger charge is 2.30. The molecule has 21 heavy (non-hydrogen) atoms. The zero-order valence-electron chi connectivity index (χ0n) is 13.5. The van der Waals surface area contributed by atoms with Crippen molar-refractivity contribution in [3.8, 4) is 5.75 Å². The first kappa shape index (κ1) is 15.8. The third-order valence-electron chi connectivity index (χ3n) is 4.39. The van der Waals surface area contributed by atoms with Crippen LogP contribution in [0.3, 0.4) is 0 Å². The van der Waals surface area contributed by atoms with Crippen LogP contribution in [-0.2, 0) is 0 Å². The summed E-state index contributed by atoms with van der Waals surface area (Å²) in [6, 6.07) is 6.03. The number of rotatable bonds is 3. The smallest absolute Gasteiger partial charge is 0.253 e. The predicted octanol–water partition coefficient (Wildman–Crippen LogP) is 2.65. The summed E-state index contributed by atoms with van der Waals surface area (Å²) in [4.78, 5) is 17.0. The van der Waals surface area contributed by atoms with Gasteiger partial charge in [-0.15, -0.1) is 0 Å². The molecule has 4 nitrogen and oxygen atoms in total. The highest BCUT2D eigenvalue weighted by molar-refractivity contribution is 5.94. The molecule has 0 radical (unpaired) electrons. The van der Waals surface area contributed by atoms with Crippen molar-refractivity contribution in [1.29, 1.82) is 0 Å². The van der Waals surface area contributed by atoms with E-state index in [0.29, 0.717) is 17.6 Å². The van der Waals surface area contributed by atoms with Crippen molar-refractivity contribution >= 4 is 5.91 Å². The van der Waals surface area contributed by atoms with Crippen LogP contribution in [0, 0.1) is 6.92 Å². The quantitative estimate of drug-likeness (QED) is 0.930. The van der Waals surface area contributed by atoms with Crippen molar-refractivity contribution in [3.05, 3.63) is 29.3 Å². The highest BCUT2D eigenvalue weighted by atomic mass is 16.3. The maximum Gasteiger partial charge on any atom is 0.253 e. The van der Waals surface area contributed by atoms with Gasteiger partial charge in [0.1, 0.15) is 5.75 Å². The van der Waals surface area contributed by atoms with E-state index < -0.39 is 0 Å². The van der Waals surface area contributed by atoms with Crippen molar-refractivity contribution in [2.45, 2.75) is 46.2 Å². The zero-order valence-corrected chi connectivity index (χ0v) is 13.5. The molecule has 1 heterocycles. The first-order chi connectivity index (χ1) is 9.93. The summed E-state index contributed by atoms with van der Waals surface area (Å²) < 4.78 is 0. The number of nitrogens with zero attached hydrogens (tertiary/aromatic N) is 2. The summed E-state index contributed by atoms with van der Waals surface area (Å²) in [6.07, 6.45) is 1.05. The Balaban J connectivity index is 2.12. The number of carbonyl (C=O) groups is 1. The van der Waals surface area contributed by atoms with Gasteiger partial charge in [0.15, 0.2) is 0 Å². The number of aryl methyl sites for hydroxylation is 1. The molecule has 2 rings (SSSR count). The average molecular weight is 290 g/mol. The molecule has 0 aromatic heterocycles. The molecule has 1 saturated heterocycles. The van der Waals surface area contributed by atoms with Crippen LogP contribution in [0.25, 0.3) is 0 Å². The first-order valence-corrected chi connectivity index (χ1v) is 7.78. The van der Waals surface area contributed by atoms with E-state index in [2.05, 4.69) is 25.7 Å². The topological polar surface area (TPSA) is 43.8 Å². The second-order valence-corrected chi connectivity index (χ2v) is 6.15. The van der Waals surface area contributed by atoms with Crippen LogP contribution in [0.5, 0.6) is 5.75 Å². The Morgan fingerprint density at radius 3 is 2.67 bits per heavy atom. The molecule has 1 atom stereocenters. The SMILES string of the molecule is CC[C@H]1CN(C(=O)c2ccc(O)c(C)c2)CCN1C(C)C. The number of carbonyl (C=O) groups excluding carboxylic acids is 1. The molecule has 1 aromatic carbocycles. The molecule has 1 aliphatic heterocycles. The third-order valence-corrected chi connectivity index (χ3v) is 4.39. The zero-order chi connectivity index (χ0) is 15.6. The fourth-order valence-corrected chi connectivity index (χ4v) is 3.07. The third kappa shape index (κ3) is 3.38. The van der Waals surface area contributed by atoms with Crippen molar-refractivity contribution in [2.75, 3.05) is 19.6 Å². The number of phenols is 1. The van der Waals surface area contributed by atoms with Crippen molar-refractivity contribution in [2.24, 2.45) is 0 Å². The van der Waals surface area contributed by atoms with Gasteiger partial charge in [-0.05, 0) is 51.0 Å². The Morgan fingerprint density at radius 1 is 1.38 bits per heavy atom. The van der Waals surface area contributed by atoms with Gasteiger partial charge in [0.25, 0.3) is 5.91 Å². The number of benzene rings is 1. The minimum atomic E-state index is 0.0694. The summed E-state index contributed by atoms with van der Waals surface area (Å²) in [5, 5.41) is 9.58. The minimum absolute atomic E-state index is 0.0694. The Hall–Kier alpha value is -1.55. The number of amides is 1. The maximum atomic E-state index is 12.6. The highest BCUT2D eigenvalue weighted by Crippen LogP contribution is 2.21. The number of phenolic OH excluding ortho intramolecular Hbond substituents is 1. The van der Waals surface area contributed by atoms with Crippen LogP contribution in [-0.4, -0.2) is 52.5 Å². The lowest BCUT2D eigenvalue weighted by Gasteiger charge is -2.43. The second-order valence-electron chi connectivity index (χ2n) is 6.15. The van der Waals surface area contributed by atoms with E-state index in [1.165, 1.54) is 0 Å². The molecule has 1 amide bonds. The van der Waals surface area contributed by atoms with Crippen LogP contribution in [0.2, 0.25) is 0 Å². The summed E-state index contributed by atoms with van der Waals surface area (Å²) in [6.45, 7) is 10.9. The summed E-state index contributed by atoms with van der Waals surface area (Å²) in [5.41, 5.74) is 1.41. The van der Waals surface area contributed by atoms with Crippen LogP contribution in [0.1, 0.15) is 43.1 Å². The monoisotopic (exact) mass is 290 g/mol. The molecule has 0 bridgehead atoms. The van der Waals surface area contributed by atoms with Gasteiger partial charge < -0.3 is 10.0 Å². The number of aromatic hydroxyl groups is 1. The Labute approximate surface area is 127 Å². The van der Waals surface area contributed by atoms with E-state index in [0.717, 1.165) is 31.6 Å². The molecule has 0 saturated carbocycles. The molecular formula is C17H26N2O2. The molecular weight excluding hydrogens is 264 g/mol. The van der Waals surface area contributed by atoms with Gasteiger partial charge in [-0.1, -0.05) is 6.92 Å². The largest absolute Gasteiger partial charge is 0.508 e.